The Labute approximate surface area is 97.8 Å². The summed E-state index contributed by atoms with van der Waals surface area (Å²) in [6, 6.07) is 14.5. The van der Waals surface area contributed by atoms with Crippen molar-refractivity contribution < 1.29 is 4.74 Å². The van der Waals surface area contributed by atoms with Crippen LogP contribution in [0.25, 0.3) is 10.8 Å². The first-order valence-electron chi connectivity index (χ1n) is 5.02. The lowest BCUT2D eigenvalue weighted by molar-refractivity contribution is 0.321. The van der Waals surface area contributed by atoms with Gasteiger partial charge in [-0.2, -0.15) is 0 Å². The molecule has 16 heavy (non-hydrogen) atoms. The molecule has 0 atom stereocenters. The van der Waals surface area contributed by atoms with Crippen molar-refractivity contribution in [3.63, 3.8) is 0 Å². The van der Waals surface area contributed by atoms with Crippen LogP contribution in [0, 0.1) is 0 Å². The maximum absolute atomic E-state index is 5.67. The fraction of sp³-hybridized carbons (Fsp3) is 0.286. The van der Waals surface area contributed by atoms with Crippen molar-refractivity contribution in [3.8, 4) is 5.75 Å². The van der Waals surface area contributed by atoms with Crippen LogP contribution in [0.4, 0.5) is 0 Å². The number of hydrogen-bond acceptors (Lipinski definition) is 2. The minimum absolute atomic E-state index is 0. The highest BCUT2D eigenvalue weighted by Crippen LogP contribution is 2.24. The van der Waals surface area contributed by atoms with E-state index in [0.717, 1.165) is 18.8 Å². The summed E-state index contributed by atoms with van der Waals surface area (Å²) in [4.78, 5) is 0. The topological polar surface area (TPSA) is 44.2 Å². The first kappa shape index (κ1) is 14.5. The molecule has 0 saturated carbocycles. The van der Waals surface area contributed by atoms with Gasteiger partial charge < -0.3 is 10.9 Å². The van der Waals surface area contributed by atoms with Gasteiger partial charge in [-0.15, -0.1) is 0 Å². The summed E-state index contributed by atoms with van der Waals surface area (Å²) in [5.41, 5.74) is 0. The van der Waals surface area contributed by atoms with Crippen LogP contribution in [0.3, 0.4) is 0 Å². The van der Waals surface area contributed by atoms with E-state index in [2.05, 4.69) is 25.1 Å². The Hall–Kier alpha value is -1.54. The number of rotatable bonds is 3. The van der Waals surface area contributed by atoms with E-state index in [9.17, 15) is 0 Å². The van der Waals surface area contributed by atoms with E-state index in [1.54, 1.807) is 0 Å². The maximum Gasteiger partial charge on any atom is 0.127 e. The average molecular weight is 219 g/mol. The molecular formula is C14H21NO. The molecule has 0 aliphatic heterocycles. The highest BCUT2D eigenvalue weighted by atomic mass is 16.5. The predicted molar refractivity (Wildman–Crippen MR) is 71.5 cm³/mol. The summed E-state index contributed by atoms with van der Waals surface area (Å²) in [6.45, 7) is 2.90. The molecule has 2 aromatic rings. The Kier molecular flexibility index (Phi) is 6.19. The van der Waals surface area contributed by atoms with E-state index in [1.807, 2.05) is 24.3 Å². The quantitative estimate of drug-likeness (QED) is 0.830. The van der Waals surface area contributed by atoms with Crippen LogP contribution in [0.5, 0.6) is 5.75 Å². The normalized spacial score (nSPS) is 9.06. The third-order valence-corrected chi connectivity index (χ3v) is 2.21. The lowest BCUT2D eigenvalue weighted by Crippen LogP contribution is -1.95. The molecule has 0 aromatic heterocycles. The highest BCUT2D eigenvalue weighted by molar-refractivity contribution is 5.88. The van der Waals surface area contributed by atoms with Gasteiger partial charge in [0, 0.05) is 5.39 Å². The van der Waals surface area contributed by atoms with Crippen molar-refractivity contribution in [2.75, 3.05) is 6.61 Å². The van der Waals surface area contributed by atoms with Crippen LogP contribution < -0.4 is 10.9 Å². The molecule has 0 spiro atoms. The fourth-order valence-electron chi connectivity index (χ4n) is 1.53. The van der Waals surface area contributed by atoms with Crippen LogP contribution in [-0.2, 0) is 0 Å². The number of benzene rings is 2. The highest BCUT2D eigenvalue weighted by Gasteiger charge is 1.99. The predicted octanol–water partition coefficient (Wildman–Crippen LogP) is 4.43. The van der Waals surface area contributed by atoms with E-state index in [-0.39, 0.29) is 13.6 Å². The molecule has 2 nitrogen and oxygen atoms in total. The van der Waals surface area contributed by atoms with Gasteiger partial charge in [0.25, 0.3) is 0 Å². The summed E-state index contributed by atoms with van der Waals surface area (Å²) in [6.07, 6.45) is 1.04. The van der Waals surface area contributed by atoms with Crippen LogP contribution >= 0.6 is 0 Å². The van der Waals surface area contributed by atoms with Gasteiger partial charge in [-0.05, 0) is 17.9 Å². The molecule has 88 valence electrons. The van der Waals surface area contributed by atoms with E-state index >= 15 is 0 Å². The van der Waals surface area contributed by atoms with Gasteiger partial charge in [-0.25, -0.2) is 0 Å². The maximum atomic E-state index is 5.67. The van der Waals surface area contributed by atoms with Crippen LogP contribution in [0.1, 0.15) is 20.8 Å². The summed E-state index contributed by atoms with van der Waals surface area (Å²) in [7, 11) is 0. The smallest absolute Gasteiger partial charge is 0.127 e. The molecule has 0 aliphatic carbocycles. The van der Waals surface area contributed by atoms with Gasteiger partial charge in [-0.3, -0.25) is 0 Å². The minimum atomic E-state index is 0. The van der Waals surface area contributed by atoms with E-state index in [4.69, 9.17) is 4.74 Å². The zero-order valence-electron chi connectivity index (χ0n) is 9.07. The van der Waals surface area contributed by atoms with E-state index < -0.39 is 0 Å². The second-order valence-corrected chi connectivity index (χ2v) is 3.33. The van der Waals surface area contributed by atoms with Crippen molar-refractivity contribution >= 4 is 10.8 Å². The van der Waals surface area contributed by atoms with Crippen molar-refractivity contribution in [2.45, 2.75) is 20.8 Å². The second-order valence-electron chi connectivity index (χ2n) is 3.33. The fourth-order valence-corrected chi connectivity index (χ4v) is 1.53. The van der Waals surface area contributed by atoms with Crippen molar-refractivity contribution in [3.05, 3.63) is 42.5 Å². The zero-order chi connectivity index (χ0) is 9.80. The first-order chi connectivity index (χ1) is 6.92. The van der Waals surface area contributed by atoms with Gasteiger partial charge in [0.2, 0.25) is 0 Å². The Morgan fingerprint density at radius 1 is 1.00 bits per heavy atom. The summed E-state index contributed by atoms with van der Waals surface area (Å²) in [5, 5.41) is 2.43. The Morgan fingerprint density at radius 3 is 2.44 bits per heavy atom. The third-order valence-electron chi connectivity index (χ3n) is 2.21. The number of hydrogen-bond donors (Lipinski definition) is 1. The van der Waals surface area contributed by atoms with E-state index in [1.165, 1.54) is 10.8 Å². The summed E-state index contributed by atoms with van der Waals surface area (Å²) in [5.74, 6) is 0.991. The van der Waals surface area contributed by atoms with Gasteiger partial charge in [0.15, 0.2) is 0 Å². The van der Waals surface area contributed by atoms with Gasteiger partial charge in [0.05, 0.1) is 6.61 Å². The molecule has 0 aliphatic rings. The molecule has 0 heterocycles. The standard InChI is InChI=1S/C13H14O.CH4.H3N/c1-2-10-14-13-9-5-7-11-6-3-4-8-12(11)13;;/h3-9H,2,10H2,1H3;1H4;1H3. The van der Waals surface area contributed by atoms with Crippen LogP contribution in [0.15, 0.2) is 42.5 Å². The first-order valence-corrected chi connectivity index (χ1v) is 5.02. The van der Waals surface area contributed by atoms with Gasteiger partial charge in [0.1, 0.15) is 5.75 Å². The molecular weight excluding hydrogens is 198 g/mol. The SMILES string of the molecule is C.CCCOc1cccc2ccccc12.N. The molecule has 2 rings (SSSR count). The largest absolute Gasteiger partial charge is 0.493 e. The third kappa shape index (κ3) is 2.97. The van der Waals surface area contributed by atoms with Crippen LogP contribution in [-0.4, -0.2) is 6.61 Å². The van der Waals surface area contributed by atoms with Crippen molar-refractivity contribution in [2.24, 2.45) is 0 Å². The zero-order valence-corrected chi connectivity index (χ0v) is 9.07. The Bertz CT molecular complexity index is 421. The molecule has 0 bridgehead atoms. The Balaban J connectivity index is 0.00000112. The average Bonchev–Trinajstić information content (AvgIpc) is 2.26. The van der Waals surface area contributed by atoms with E-state index in [0.29, 0.717) is 0 Å². The molecule has 0 radical (unpaired) electrons. The summed E-state index contributed by atoms with van der Waals surface area (Å²) < 4.78 is 5.67. The van der Waals surface area contributed by atoms with Crippen molar-refractivity contribution in [1.82, 2.24) is 6.15 Å². The summed E-state index contributed by atoms with van der Waals surface area (Å²) >= 11 is 0. The molecule has 0 unspecified atom stereocenters. The van der Waals surface area contributed by atoms with Gasteiger partial charge in [-0.1, -0.05) is 50.7 Å². The lowest BCUT2D eigenvalue weighted by Gasteiger charge is -2.07. The number of ether oxygens (including phenoxy) is 1. The van der Waals surface area contributed by atoms with Crippen molar-refractivity contribution in [1.29, 1.82) is 0 Å². The minimum Gasteiger partial charge on any atom is -0.493 e. The molecule has 2 heteroatoms. The molecule has 0 saturated heterocycles. The monoisotopic (exact) mass is 219 g/mol. The Morgan fingerprint density at radius 2 is 1.69 bits per heavy atom. The molecule has 0 fully saturated rings. The number of fused-ring (bicyclic) bond motifs is 1. The molecule has 0 amide bonds. The van der Waals surface area contributed by atoms with Gasteiger partial charge >= 0.3 is 0 Å². The molecule has 2 aromatic carbocycles. The lowest BCUT2D eigenvalue weighted by atomic mass is 10.1. The molecule has 3 N–H and O–H groups in total. The second kappa shape index (κ2) is 6.85. The van der Waals surface area contributed by atoms with Crippen LogP contribution in [0.2, 0.25) is 0 Å².